The fourth-order valence-corrected chi connectivity index (χ4v) is 2.45. The van der Waals surface area contributed by atoms with Crippen LogP contribution in [0.15, 0.2) is 0 Å². The molecule has 0 aromatic heterocycles. The molecular formula is C11H20O10S2. The summed E-state index contributed by atoms with van der Waals surface area (Å²) in [4.78, 5) is 22.8. The molecule has 0 aliphatic rings. The van der Waals surface area contributed by atoms with Crippen molar-refractivity contribution in [2.45, 2.75) is 32.5 Å². The maximum absolute atomic E-state index is 11.4. The van der Waals surface area contributed by atoms with E-state index < -0.39 is 44.4 Å². The molecule has 0 rings (SSSR count). The van der Waals surface area contributed by atoms with Crippen LogP contribution in [0.4, 0.5) is 0 Å². The number of carbonyl (C=O) groups excluding carboxylic acids is 2. The van der Waals surface area contributed by atoms with E-state index in [0.29, 0.717) is 0 Å². The summed E-state index contributed by atoms with van der Waals surface area (Å²) in [6.45, 7) is 2.16. The second kappa shape index (κ2) is 9.15. The minimum atomic E-state index is -3.77. The molecule has 0 aromatic rings. The first kappa shape index (κ1) is 21.8. The van der Waals surface area contributed by atoms with Gasteiger partial charge in [0.25, 0.3) is 20.2 Å². The SMILES string of the molecule is CC(OS(C)(=O)=O)C(=O)OCCCOC(=O)C(C)OS(C)(=O)=O. The van der Waals surface area contributed by atoms with Gasteiger partial charge in [-0.2, -0.15) is 16.8 Å². The third-order valence-electron chi connectivity index (χ3n) is 2.08. The fraction of sp³-hybridized carbons (Fsp3) is 0.818. The molecule has 0 aliphatic carbocycles. The third kappa shape index (κ3) is 11.9. The first-order chi connectivity index (χ1) is 10.3. The zero-order valence-electron chi connectivity index (χ0n) is 13.2. The van der Waals surface area contributed by atoms with Gasteiger partial charge in [-0.05, 0) is 13.8 Å². The molecule has 0 aliphatic heterocycles. The summed E-state index contributed by atoms with van der Waals surface area (Å²) < 4.78 is 61.5. The largest absolute Gasteiger partial charge is 0.464 e. The Morgan fingerprint density at radius 2 is 1.09 bits per heavy atom. The van der Waals surface area contributed by atoms with Crippen LogP contribution in [-0.4, -0.2) is 66.7 Å². The quantitative estimate of drug-likeness (QED) is 0.270. The number of hydrogen-bond acceptors (Lipinski definition) is 10. The van der Waals surface area contributed by atoms with E-state index in [2.05, 4.69) is 8.37 Å². The summed E-state index contributed by atoms with van der Waals surface area (Å²) in [6, 6.07) is 0. The van der Waals surface area contributed by atoms with E-state index in [9.17, 15) is 26.4 Å². The van der Waals surface area contributed by atoms with Gasteiger partial charge in [0.2, 0.25) is 0 Å². The molecule has 2 atom stereocenters. The summed E-state index contributed by atoms with van der Waals surface area (Å²) in [5, 5.41) is 0. The van der Waals surface area contributed by atoms with E-state index in [0.717, 1.165) is 12.5 Å². The van der Waals surface area contributed by atoms with Crippen LogP contribution in [-0.2, 0) is 47.7 Å². The van der Waals surface area contributed by atoms with E-state index in [-0.39, 0.29) is 19.6 Å². The normalized spacial score (nSPS) is 14.8. The Kier molecular flexibility index (Phi) is 8.66. The predicted octanol–water partition coefficient (Wildman–Crippen LogP) is -0.808. The van der Waals surface area contributed by atoms with Gasteiger partial charge in [-0.25, -0.2) is 9.59 Å². The summed E-state index contributed by atoms with van der Waals surface area (Å²) in [5.41, 5.74) is 0. The van der Waals surface area contributed by atoms with Gasteiger partial charge in [-0.15, -0.1) is 0 Å². The van der Waals surface area contributed by atoms with Gasteiger partial charge < -0.3 is 9.47 Å². The van der Waals surface area contributed by atoms with Crippen LogP contribution in [0, 0.1) is 0 Å². The fourth-order valence-electron chi connectivity index (χ4n) is 1.24. The molecule has 0 fully saturated rings. The smallest absolute Gasteiger partial charge is 0.336 e. The highest BCUT2D eigenvalue weighted by Gasteiger charge is 2.21. The minimum absolute atomic E-state index is 0.134. The molecule has 12 heteroatoms. The number of rotatable bonds is 10. The lowest BCUT2D eigenvalue weighted by atomic mass is 10.4. The lowest BCUT2D eigenvalue weighted by molar-refractivity contribution is -0.153. The first-order valence-corrected chi connectivity index (χ1v) is 10.0. The van der Waals surface area contributed by atoms with E-state index >= 15 is 0 Å². The number of esters is 2. The Morgan fingerprint density at radius 1 is 0.783 bits per heavy atom. The van der Waals surface area contributed by atoms with Crippen LogP contribution in [0.2, 0.25) is 0 Å². The third-order valence-corrected chi connectivity index (χ3v) is 3.36. The van der Waals surface area contributed by atoms with Crippen molar-refractivity contribution in [2.24, 2.45) is 0 Å². The highest BCUT2D eigenvalue weighted by Crippen LogP contribution is 2.02. The second-order valence-corrected chi connectivity index (χ2v) is 7.78. The standard InChI is InChI=1S/C11H20O10S2/c1-8(20-22(3,14)15)10(12)18-6-5-7-19-11(13)9(2)21-23(4,16)17/h8-9H,5-7H2,1-4H3. The first-order valence-electron chi connectivity index (χ1n) is 6.41. The summed E-state index contributed by atoms with van der Waals surface area (Å²) >= 11 is 0. The van der Waals surface area contributed by atoms with E-state index in [1.807, 2.05) is 0 Å². The number of hydrogen-bond donors (Lipinski definition) is 0. The Balaban J connectivity index is 3.97. The van der Waals surface area contributed by atoms with E-state index in [1.165, 1.54) is 13.8 Å². The summed E-state index contributed by atoms with van der Waals surface area (Å²) in [6.07, 6.45) is -0.827. The molecule has 0 bridgehead atoms. The van der Waals surface area contributed by atoms with Gasteiger partial charge >= 0.3 is 11.9 Å². The topological polar surface area (TPSA) is 139 Å². The van der Waals surface area contributed by atoms with E-state index in [4.69, 9.17) is 9.47 Å². The number of ether oxygens (including phenoxy) is 2. The summed E-state index contributed by atoms with van der Waals surface area (Å²) in [7, 11) is -7.55. The van der Waals surface area contributed by atoms with Crippen molar-refractivity contribution in [3.63, 3.8) is 0 Å². The van der Waals surface area contributed by atoms with Crippen molar-refractivity contribution in [2.75, 3.05) is 25.7 Å². The van der Waals surface area contributed by atoms with Crippen molar-refractivity contribution in [1.29, 1.82) is 0 Å². The van der Waals surface area contributed by atoms with Crippen LogP contribution in [0.1, 0.15) is 20.3 Å². The number of carbonyl (C=O) groups is 2. The average molecular weight is 376 g/mol. The molecule has 0 heterocycles. The second-order valence-electron chi connectivity index (χ2n) is 4.57. The zero-order valence-corrected chi connectivity index (χ0v) is 14.8. The molecular weight excluding hydrogens is 356 g/mol. The Hall–Kier alpha value is -1.24. The molecule has 0 aromatic carbocycles. The molecule has 23 heavy (non-hydrogen) atoms. The molecule has 2 unspecified atom stereocenters. The van der Waals surface area contributed by atoms with Gasteiger partial charge in [-0.3, -0.25) is 8.37 Å². The molecule has 0 saturated heterocycles. The molecule has 0 radical (unpaired) electrons. The Morgan fingerprint density at radius 3 is 1.35 bits per heavy atom. The van der Waals surface area contributed by atoms with Crippen molar-refractivity contribution in [3.8, 4) is 0 Å². The highest BCUT2D eigenvalue weighted by molar-refractivity contribution is 7.86. The average Bonchev–Trinajstić information content (AvgIpc) is 2.33. The zero-order chi connectivity index (χ0) is 18.3. The lowest BCUT2D eigenvalue weighted by Gasteiger charge is -2.12. The van der Waals surface area contributed by atoms with Crippen LogP contribution in [0.5, 0.6) is 0 Å². The van der Waals surface area contributed by atoms with E-state index in [1.54, 1.807) is 0 Å². The molecule has 0 amide bonds. The van der Waals surface area contributed by atoms with Gasteiger partial charge in [-0.1, -0.05) is 0 Å². The van der Waals surface area contributed by atoms with Gasteiger partial charge in [0.1, 0.15) is 0 Å². The van der Waals surface area contributed by atoms with Gasteiger partial charge in [0.05, 0.1) is 25.7 Å². The van der Waals surface area contributed by atoms with Crippen LogP contribution < -0.4 is 0 Å². The van der Waals surface area contributed by atoms with Crippen LogP contribution in [0.3, 0.4) is 0 Å². The molecule has 10 nitrogen and oxygen atoms in total. The molecule has 0 saturated carbocycles. The predicted molar refractivity (Wildman–Crippen MR) is 77.3 cm³/mol. The minimum Gasteiger partial charge on any atom is -0.464 e. The monoisotopic (exact) mass is 376 g/mol. The van der Waals surface area contributed by atoms with Crippen molar-refractivity contribution in [1.82, 2.24) is 0 Å². The van der Waals surface area contributed by atoms with Crippen molar-refractivity contribution >= 4 is 32.2 Å². The highest BCUT2D eigenvalue weighted by atomic mass is 32.2. The molecule has 0 N–H and O–H groups in total. The maximum Gasteiger partial charge on any atom is 0.336 e. The summed E-state index contributed by atoms with van der Waals surface area (Å²) in [5.74, 6) is -1.76. The van der Waals surface area contributed by atoms with Crippen LogP contribution in [0.25, 0.3) is 0 Å². The van der Waals surface area contributed by atoms with Gasteiger partial charge in [0, 0.05) is 6.42 Å². The Bertz CT molecular complexity index is 553. The molecule has 0 spiro atoms. The Labute approximate surface area is 135 Å². The van der Waals surface area contributed by atoms with Gasteiger partial charge in [0.15, 0.2) is 12.2 Å². The maximum atomic E-state index is 11.4. The molecule has 136 valence electrons. The van der Waals surface area contributed by atoms with Crippen molar-refractivity contribution < 1.29 is 44.3 Å². The van der Waals surface area contributed by atoms with Crippen LogP contribution >= 0.6 is 0 Å². The van der Waals surface area contributed by atoms with Crippen molar-refractivity contribution in [3.05, 3.63) is 0 Å². The lowest BCUT2D eigenvalue weighted by Crippen LogP contribution is -2.27.